The van der Waals surface area contributed by atoms with E-state index in [1.165, 1.54) is 0 Å². The third-order valence-electron chi connectivity index (χ3n) is 3.63. The highest BCUT2D eigenvalue weighted by Gasteiger charge is 2.36. The fourth-order valence-corrected chi connectivity index (χ4v) is 2.77. The molecule has 6 heteroatoms. The summed E-state index contributed by atoms with van der Waals surface area (Å²) in [7, 11) is 0. The SMILES string of the molecule is CCOC(=O)c1nnn(C2CCCC2O)c1C(C)(C)C. The van der Waals surface area contributed by atoms with Crippen molar-refractivity contribution in [2.24, 2.45) is 0 Å². The number of hydrogen-bond donors (Lipinski definition) is 1. The van der Waals surface area contributed by atoms with Crippen LogP contribution in [0, 0.1) is 0 Å². The van der Waals surface area contributed by atoms with E-state index >= 15 is 0 Å². The van der Waals surface area contributed by atoms with Crippen molar-refractivity contribution in [3.05, 3.63) is 11.4 Å². The van der Waals surface area contributed by atoms with E-state index in [0.29, 0.717) is 6.61 Å². The number of carbonyl (C=O) groups excluding carboxylic acids is 1. The summed E-state index contributed by atoms with van der Waals surface area (Å²) in [4.78, 5) is 12.0. The van der Waals surface area contributed by atoms with Gasteiger partial charge in [-0.3, -0.25) is 0 Å². The van der Waals surface area contributed by atoms with Crippen molar-refractivity contribution < 1.29 is 14.6 Å². The van der Waals surface area contributed by atoms with E-state index in [1.54, 1.807) is 11.6 Å². The van der Waals surface area contributed by atoms with Crippen LogP contribution in [0.25, 0.3) is 0 Å². The van der Waals surface area contributed by atoms with Crippen molar-refractivity contribution in [1.29, 1.82) is 0 Å². The van der Waals surface area contributed by atoms with Crippen LogP contribution in [0.2, 0.25) is 0 Å². The fourth-order valence-electron chi connectivity index (χ4n) is 2.77. The summed E-state index contributed by atoms with van der Waals surface area (Å²) in [6, 6.07) is -0.0973. The Labute approximate surface area is 119 Å². The van der Waals surface area contributed by atoms with E-state index in [4.69, 9.17) is 4.74 Å². The normalized spacial score (nSPS) is 23.1. The number of aliphatic hydroxyl groups is 1. The van der Waals surface area contributed by atoms with Crippen molar-refractivity contribution in [2.75, 3.05) is 6.61 Å². The predicted molar refractivity (Wildman–Crippen MR) is 73.6 cm³/mol. The molecule has 0 aromatic carbocycles. The number of aliphatic hydroxyl groups excluding tert-OH is 1. The van der Waals surface area contributed by atoms with Crippen molar-refractivity contribution in [3.63, 3.8) is 0 Å². The average molecular weight is 281 g/mol. The molecule has 0 amide bonds. The Morgan fingerprint density at radius 3 is 2.65 bits per heavy atom. The summed E-state index contributed by atoms with van der Waals surface area (Å²) in [5, 5.41) is 18.2. The molecule has 2 rings (SSSR count). The molecule has 2 atom stereocenters. The minimum atomic E-state index is -0.448. The first-order chi connectivity index (χ1) is 9.36. The van der Waals surface area contributed by atoms with Crippen LogP contribution >= 0.6 is 0 Å². The second-order valence-electron chi connectivity index (χ2n) is 6.27. The van der Waals surface area contributed by atoms with Crippen molar-refractivity contribution in [3.8, 4) is 0 Å². The van der Waals surface area contributed by atoms with E-state index in [1.807, 2.05) is 20.8 Å². The lowest BCUT2D eigenvalue weighted by Crippen LogP contribution is -2.28. The molecule has 0 radical (unpaired) electrons. The number of nitrogens with zero attached hydrogens (tertiary/aromatic N) is 3. The van der Waals surface area contributed by atoms with Gasteiger partial charge in [0, 0.05) is 5.41 Å². The predicted octanol–water partition coefficient (Wildman–Crippen LogP) is 1.84. The summed E-state index contributed by atoms with van der Waals surface area (Å²) in [6.45, 7) is 8.09. The monoisotopic (exact) mass is 281 g/mol. The van der Waals surface area contributed by atoms with Gasteiger partial charge in [-0.15, -0.1) is 5.10 Å². The third-order valence-corrected chi connectivity index (χ3v) is 3.63. The summed E-state index contributed by atoms with van der Waals surface area (Å²) in [5.74, 6) is -0.448. The molecule has 1 fully saturated rings. The first-order valence-electron chi connectivity index (χ1n) is 7.17. The zero-order valence-electron chi connectivity index (χ0n) is 12.6. The molecule has 112 valence electrons. The molecule has 0 bridgehead atoms. The molecule has 0 spiro atoms. The van der Waals surface area contributed by atoms with Crippen molar-refractivity contribution in [2.45, 2.75) is 64.5 Å². The summed E-state index contributed by atoms with van der Waals surface area (Å²) in [5.41, 5.74) is 0.703. The van der Waals surface area contributed by atoms with Gasteiger partial charge in [0.25, 0.3) is 0 Å². The zero-order chi connectivity index (χ0) is 14.9. The van der Waals surface area contributed by atoms with Crippen LogP contribution < -0.4 is 0 Å². The van der Waals surface area contributed by atoms with Crippen molar-refractivity contribution >= 4 is 5.97 Å². The number of esters is 1. The maximum atomic E-state index is 12.0. The maximum absolute atomic E-state index is 12.0. The Morgan fingerprint density at radius 1 is 1.45 bits per heavy atom. The Morgan fingerprint density at radius 2 is 2.15 bits per heavy atom. The molecule has 1 aliphatic rings. The third kappa shape index (κ3) is 2.70. The van der Waals surface area contributed by atoms with Crippen LogP contribution in [0.15, 0.2) is 0 Å². The Balaban J connectivity index is 2.45. The molecule has 0 aliphatic heterocycles. The summed E-state index contributed by atoms with van der Waals surface area (Å²) < 4.78 is 6.78. The molecule has 2 unspecified atom stereocenters. The Bertz CT molecular complexity index is 490. The molecule has 0 saturated heterocycles. The van der Waals surface area contributed by atoms with Crippen molar-refractivity contribution in [1.82, 2.24) is 15.0 Å². The highest BCUT2D eigenvalue weighted by Crippen LogP contribution is 2.34. The van der Waals surface area contributed by atoms with Crippen LogP contribution in [0.4, 0.5) is 0 Å². The molecule has 1 heterocycles. The molecule has 6 nitrogen and oxygen atoms in total. The molecule has 1 aromatic heterocycles. The van der Waals surface area contributed by atoms with Crippen LogP contribution in [-0.2, 0) is 10.2 Å². The van der Waals surface area contributed by atoms with Gasteiger partial charge in [-0.1, -0.05) is 26.0 Å². The zero-order valence-corrected chi connectivity index (χ0v) is 12.6. The highest BCUT2D eigenvalue weighted by atomic mass is 16.5. The van der Waals surface area contributed by atoms with E-state index in [2.05, 4.69) is 10.3 Å². The van der Waals surface area contributed by atoms with Gasteiger partial charge in [0.1, 0.15) is 0 Å². The number of rotatable bonds is 3. The number of aromatic nitrogens is 3. The molecule has 1 aromatic rings. The van der Waals surface area contributed by atoms with Gasteiger partial charge >= 0.3 is 5.97 Å². The molecule has 1 saturated carbocycles. The minimum Gasteiger partial charge on any atom is -0.461 e. The number of carbonyl (C=O) groups is 1. The van der Waals surface area contributed by atoms with Gasteiger partial charge in [0.2, 0.25) is 0 Å². The van der Waals surface area contributed by atoms with Gasteiger partial charge < -0.3 is 9.84 Å². The smallest absolute Gasteiger partial charge is 0.360 e. The minimum absolute atomic E-state index is 0.0973. The van der Waals surface area contributed by atoms with Crippen LogP contribution in [0.1, 0.15) is 69.2 Å². The molecular formula is C14H23N3O3. The summed E-state index contributed by atoms with van der Waals surface area (Å²) >= 11 is 0. The van der Waals surface area contributed by atoms with Gasteiger partial charge in [-0.2, -0.15) is 0 Å². The van der Waals surface area contributed by atoms with Crippen LogP contribution in [0.3, 0.4) is 0 Å². The standard InChI is InChI=1S/C14H23N3O3/c1-5-20-13(19)11-12(14(2,3)4)17(16-15-11)9-7-6-8-10(9)18/h9-10,18H,5-8H2,1-4H3. The number of hydrogen-bond acceptors (Lipinski definition) is 5. The highest BCUT2D eigenvalue weighted by molar-refractivity contribution is 5.88. The first-order valence-corrected chi connectivity index (χ1v) is 7.17. The molecule has 1 aliphatic carbocycles. The Hall–Kier alpha value is -1.43. The lowest BCUT2D eigenvalue weighted by atomic mass is 9.89. The van der Waals surface area contributed by atoms with Gasteiger partial charge in [0.15, 0.2) is 5.69 Å². The lowest BCUT2D eigenvalue weighted by molar-refractivity contribution is 0.0515. The van der Waals surface area contributed by atoms with E-state index in [-0.39, 0.29) is 17.2 Å². The topological polar surface area (TPSA) is 77.2 Å². The van der Waals surface area contributed by atoms with Gasteiger partial charge in [-0.25, -0.2) is 9.48 Å². The second kappa shape index (κ2) is 5.52. The van der Waals surface area contributed by atoms with Gasteiger partial charge in [-0.05, 0) is 26.2 Å². The summed E-state index contributed by atoms with van der Waals surface area (Å²) in [6.07, 6.45) is 2.16. The first kappa shape index (κ1) is 15.0. The molecule has 20 heavy (non-hydrogen) atoms. The van der Waals surface area contributed by atoms with Crippen LogP contribution in [-0.4, -0.2) is 38.8 Å². The second-order valence-corrected chi connectivity index (χ2v) is 6.27. The lowest BCUT2D eigenvalue weighted by Gasteiger charge is -2.25. The quantitative estimate of drug-likeness (QED) is 0.855. The van der Waals surface area contributed by atoms with E-state index in [0.717, 1.165) is 25.0 Å². The van der Waals surface area contributed by atoms with E-state index < -0.39 is 12.1 Å². The fraction of sp³-hybridized carbons (Fsp3) is 0.786. The molecule has 1 N–H and O–H groups in total. The number of ether oxygens (including phenoxy) is 1. The van der Waals surface area contributed by atoms with Crippen LogP contribution in [0.5, 0.6) is 0 Å². The largest absolute Gasteiger partial charge is 0.461 e. The average Bonchev–Trinajstić information content (AvgIpc) is 2.93. The maximum Gasteiger partial charge on any atom is 0.360 e. The molecular weight excluding hydrogens is 258 g/mol. The van der Waals surface area contributed by atoms with E-state index in [9.17, 15) is 9.90 Å². The van der Waals surface area contributed by atoms with Gasteiger partial charge in [0.05, 0.1) is 24.4 Å². The Kier molecular flexibility index (Phi) is 4.13.